The van der Waals surface area contributed by atoms with Crippen molar-refractivity contribution in [1.82, 2.24) is 14.5 Å². The van der Waals surface area contributed by atoms with Crippen LogP contribution < -0.4 is 0 Å². The quantitative estimate of drug-likeness (QED) is 0.808. The van der Waals surface area contributed by atoms with E-state index >= 15 is 0 Å². The van der Waals surface area contributed by atoms with E-state index in [1.54, 1.807) is 6.20 Å². The summed E-state index contributed by atoms with van der Waals surface area (Å²) >= 11 is 5.29. The maximum Gasteiger partial charge on any atom is 0.177 e. The Bertz CT molecular complexity index is 429. The zero-order valence-corrected chi connectivity index (χ0v) is 11.4. The molecule has 0 spiro atoms. The second-order valence-electron chi connectivity index (χ2n) is 5.16. The smallest absolute Gasteiger partial charge is 0.177 e. The van der Waals surface area contributed by atoms with Crippen LogP contribution >= 0.6 is 12.2 Å². The van der Waals surface area contributed by atoms with Gasteiger partial charge < -0.3 is 19.6 Å². The predicted molar refractivity (Wildman–Crippen MR) is 70.4 cm³/mol. The van der Waals surface area contributed by atoms with E-state index in [1.165, 1.54) is 25.7 Å². The van der Waals surface area contributed by atoms with Crippen LogP contribution in [0.15, 0.2) is 6.20 Å². The maximum absolute atomic E-state index is 9.33. The summed E-state index contributed by atoms with van der Waals surface area (Å²) in [7, 11) is 4.28. The molecular formula is C12H21N3OS. The molecule has 96 valence electrons. The highest BCUT2D eigenvalue weighted by atomic mass is 32.1. The molecule has 2 rings (SSSR count). The Morgan fingerprint density at radius 1 is 1.47 bits per heavy atom. The van der Waals surface area contributed by atoms with Crippen LogP contribution in [0.2, 0.25) is 0 Å². The number of rotatable bonds is 4. The molecule has 1 aliphatic carbocycles. The number of H-pyrrole nitrogens is 1. The first-order valence-electron chi connectivity index (χ1n) is 6.14. The number of hydrogen-bond donors (Lipinski definition) is 2. The number of aliphatic hydroxyl groups excluding tert-OH is 1. The van der Waals surface area contributed by atoms with Crippen molar-refractivity contribution in [3.05, 3.63) is 16.7 Å². The van der Waals surface area contributed by atoms with Crippen molar-refractivity contribution >= 4 is 12.2 Å². The Morgan fingerprint density at radius 3 is 2.65 bits per heavy atom. The van der Waals surface area contributed by atoms with E-state index in [0.29, 0.717) is 4.77 Å². The molecule has 0 radical (unpaired) electrons. The van der Waals surface area contributed by atoms with Gasteiger partial charge in [-0.25, -0.2) is 0 Å². The van der Waals surface area contributed by atoms with Gasteiger partial charge in [0.1, 0.15) is 0 Å². The fourth-order valence-electron chi connectivity index (χ4n) is 2.81. The first kappa shape index (κ1) is 12.8. The van der Waals surface area contributed by atoms with Crippen molar-refractivity contribution in [2.24, 2.45) is 0 Å². The number of nitrogens with one attached hydrogen (secondary N) is 1. The number of aromatic nitrogens is 2. The summed E-state index contributed by atoms with van der Waals surface area (Å²) in [5, 5.41) is 9.33. The molecule has 1 heterocycles. The number of hydrogen-bond acceptors (Lipinski definition) is 3. The number of imidazole rings is 1. The van der Waals surface area contributed by atoms with Gasteiger partial charge in [-0.3, -0.25) is 0 Å². The molecule has 1 fully saturated rings. The molecule has 0 saturated heterocycles. The normalized spacial score (nSPS) is 19.1. The molecule has 4 nitrogen and oxygen atoms in total. The summed E-state index contributed by atoms with van der Waals surface area (Å²) in [5.74, 6) is 0. The van der Waals surface area contributed by atoms with E-state index in [0.717, 1.165) is 12.2 Å². The number of aliphatic hydroxyl groups is 1. The van der Waals surface area contributed by atoms with Gasteiger partial charge in [-0.15, -0.1) is 0 Å². The lowest BCUT2D eigenvalue weighted by Crippen LogP contribution is -2.45. The minimum atomic E-state index is 0.0383. The summed E-state index contributed by atoms with van der Waals surface area (Å²) in [6.07, 6.45) is 6.78. The van der Waals surface area contributed by atoms with E-state index < -0.39 is 0 Å². The summed E-state index contributed by atoms with van der Waals surface area (Å²) < 4.78 is 2.75. The average molecular weight is 255 g/mol. The molecule has 0 aliphatic heterocycles. The zero-order chi connectivity index (χ0) is 12.5. The monoisotopic (exact) mass is 255 g/mol. The highest BCUT2D eigenvalue weighted by molar-refractivity contribution is 7.71. The Labute approximate surface area is 107 Å². The topological polar surface area (TPSA) is 44.2 Å². The van der Waals surface area contributed by atoms with E-state index in [4.69, 9.17) is 12.2 Å². The minimum absolute atomic E-state index is 0.0383. The van der Waals surface area contributed by atoms with Crippen LogP contribution in [0, 0.1) is 4.77 Å². The third-order valence-electron chi connectivity index (χ3n) is 4.05. The second-order valence-corrected chi connectivity index (χ2v) is 5.54. The number of nitrogens with zero attached hydrogens (tertiary/aromatic N) is 2. The molecule has 1 aromatic heterocycles. The summed E-state index contributed by atoms with van der Waals surface area (Å²) in [5.41, 5.74) is 1.08. The lowest BCUT2D eigenvalue weighted by atomic mass is 9.96. The highest BCUT2D eigenvalue weighted by Gasteiger charge is 2.36. The Kier molecular flexibility index (Phi) is 3.70. The van der Waals surface area contributed by atoms with Crippen molar-refractivity contribution in [2.45, 2.75) is 44.4 Å². The lowest BCUT2D eigenvalue weighted by molar-refractivity contribution is 0.129. The molecule has 5 heteroatoms. The van der Waals surface area contributed by atoms with Crippen LogP contribution in [0.4, 0.5) is 0 Å². The highest BCUT2D eigenvalue weighted by Crippen LogP contribution is 2.35. The van der Waals surface area contributed by atoms with Crippen molar-refractivity contribution in [1.29, 1.82) is 0 Å². The van der Waals surface area contributed by atoms with Crippen LogP contribution in [0.1, 0.15) is 31.4 Å². The molecule has 1 aromatic rings. The maximum atomic E-state index is 9.33. The lowest BCUT2D eigenvalue weighted by Gasteiger charge is -2.37. The minimum Gasteiger partial charge on any atom is -0.390 e. The summed E-state index contributed by atoms with van der Waals surface area (Å²) in [6, 6.07) is 0. The van der Waals surface area contributed by atoms with Crippen molar-refractivity contribution < 1.29 is 5.11 Å². The molecule has 0 unspecified atom stereocenters. The molecule has 0 aromatic carbocycles. The number of likely N-dealkylation sites (N-methyl/N-ethyl adjacent to an activating group) is 1. The van der Waals surface area contributed by atoms with Crippen molar-refractivity contribution in [3.63, 3.8) is 0 Å². The van der Waals surface area contributed by atoms with E-state index in [9.17, 15) is 5.11 Å². The van der Waals surface area contributed by atoms with Crippen LogP contribution in [0.25, 0.3) is 0 Å². The summed E-state index contributed by atoms with van der Waals surface area (Å²) in [6.45, 7) is 0.912. The number of aromatic amines is 1. The van der Waals surface area contributed by atoms with Gasteiger partial charge in [-0.1, -0.05) is 12.8 Å². The van der Waals surface area contributed by atoms with Gasteiger partial charge in [-0.2, -0.15) is 0 Å². The van der Waals surface area contributed by atoms with Gasteiger partial charge in [0.2, 0.25) is 0 Å². The molecule has 0 bridgehead atoms. The summed E-state index contributed by atoms with van der Waals surface area (Å²) in [4.78, 5) is 5.33. The SMILES string of the molecule is CN(C)C1(Cn2c(CO)c[nH]c2=S)CCCC1. The molecule has 2 N–H and O–H groups in total. The van der Waals surface area contributed by atoms with Gasteiger partial charge in [0.15, 0.2) is 4.77 Å². The molecule has 0 amide bonds. The van der Waals surface area contributed by atoms with Crippen molar-refractivity contribution in [3.8, 4) is 0 Å². The van der Waals surface area contributed by atoms with Gasteiger partial charge in [0.05, 0.1) is 12.3 Å². The molecule has 1 aliphatic rings. The van der Waals surface area contributed by atoms with E-state index in [-0.39, 0.29) is 12.1 Å². The van der Waals surface area contributed by atoms with E-state index in [1.807, 2.05) is 4.57 Å². The Balaban J connectivity index is 2.29. The largest absolute Gasteiger partial charge is 0.390 e. The average Bonchev–Trinajstić information content (AvgIpc) is 2.89. The predicted octanol–water partition coefficient (Wildman–Crippen LogP) is 1.91. The zero-order valence-electron chi connectivity index (χ0n) is 10.6. The van der Waals surface area contributed by atoms with Gasteiger partial charge in [0.25, 0.3) is 0 Å². The van der Waals surface area contributed by atoms with Crippen LogP contribution in [0.3, 0.4) is 0 Å². The standard InChI is InChI=1S/C12H21N3OS/c1-14(2)12(5-3-4-6-12)9-15-10(8-16)7-13-11(15)17/h7,16H,3-6,8-9H2,1-2H3,(H,13,17). The first-order valence-corrected chi connectivity index (χ1v) is 6.55. The molecular weight excluding hydrogens is 234 g/mol. The first-order chi connectivity index (χ1) is 8.09. The van der Waals surface area contributed by atoms with E-state index in [2.05, 4.69) is 24.0 Å². The van der Waals surface area contributed by atoms with Gasteiger partial charge in [0, 0.05) is 18.3 Å². The van der Waals surface area contributed by atoms with Crippen LogP contribution in [-0.2, 0) is 13.2 Å². The van der Waals surface area contributed by atoms with Gasteiger partial charge in [-0.05, 0) is 39.2 Å². The third-order valence-corrected chi connectivity index (χ3v) is 4.39. The Morgan fingerprint density at radius 2 is 2.12 bits per heavy atom. The van der Waals surface area contributed by atoms with Crippen LogP contribution in [-0.4, -0.2) is 39.2 Å². The Hall–Kier alpha value is -0.650. The molecule has 0 atom stereocenters. The second kappa shape index (κ2) is 4.92. The van der Waals surface area contributed by atoms with Gasteiger partial charge >= 0.3 is 0 Å². The molecule has 1 saturated carbocycles. The molecule has 17 heavy (non-hydrogen) atoms. The third kappa shape index (κ3) is 2.32. The van der Waals surface area contributed by atoms with Crippen molar-refractivity contribution in [2.75, 3.05) is 14.1 Å². The fraction of sp³-hybridized carbons (Fsp3) is 0.750. The fourth-order valence-corrected chi connectivity index (χ4v) is 3.05. The van der Waals surface area contributed by atoms with Crippen LogP contribution in [0.5, 0.6) is 0 Å².